The van der Waals surface area contributed by atoms with Gasteiger partial charge in [-0.15, -0.1) is 0 Å². The van der Waals surface area contributed by atoms with E-state index in [0.29, 0.717) is 38.4 Å². The van der Waals surface area contributed by atoms with Crippen molar-refractivity contribution in [3.05, 3.63) is 54.0 Å². The Bertz CT molecular complexity index is 682. The van der Waals surface area contributed by atoms with E-state index in [1.165, 1.54) is 6.20 Å². The second-order valence-electron chi connectivity index (χ2n) is 5.56. The third-order valence-corrected chi connectivity index (χ3v) is 3.95. The summed E-state index contributed by atoms with van der Waals surface area (Å²) in [6.07, 6.45) is 3.96. The molecule has 0 saturated carbocycles. The van der Waals surface area contributed by atoms with E-state index in [-0.39, 0.29) is 5.91 Å². The van der Waals surface area contributed by atoms with Gasteiger partial charge < -0.3 is 15.1 Å². The molecule has 1 aromatic heterocycles. The van der Waals surface area contributed by atoms with Gasteiger partial charge in [0.15, 0.2) is 0 Å². The van der Waals surface area contributed by atoms with E-state index in [2.05, 4.69) is 20.2 Å². The standard InChI is InChI=1S/C17H19N5O2/c23-13-21-6-8-22(9-7-21)16-12-18-15(11-19-16)17(24)20-10-14-4-2-1-3-5-14/h1-5,11-13H,6-10H2,(H,20,24). The Labute approximate surface area is 140 Å². The number of rotatable bonds is 5. The van der Waals surface area contributed by atoms with Gasteiger partial charge >= 0.3 is 0 Å². The van der Waals surface area contributed by atoms with E-state index < -0.39 is 0 Å². The van der Waals surface area contributed by atoms with E-state index in [0.717, 1.165) is 17.8 Å². The minimum atomic E-state index is -0.247. The van der Waals surface area contributed by atoms with Crippen LogP contribution in [0, 0.1) is 0 Å². The van der Waals surface area contributed by atoms with Crippen LogP contribution in [0.1, 0.15) is 16.1 Å². The number of hydrogen-bond acceptors (Lipinski definition) is 5. The number of carbonyl (C=O) groups is 2. The summed E-state index contributed by atoms with van der Waals surface area (Å²) in [6.45, 7) is 3.23. The van der Waals surface area contributed by atoms with Crippen molar-refractivity contribution in [2.75, 3.05) is 31.1 Å². The normalized spacial score (nSPS) is 14.3. The fourth-order valence-electron chi connectivity index (χ4n) is 2.53. The molecule has 2 heterocycles. The first kappa shape index (κ1) is 15.9. The van der Waals surface area contributed by atoms with Crippen molar-refractivity contribution < 1.29 is 9.59 Å². The molecular formula is C17H19N5O2. The highest BCUT2D eigenvalue weighted by Crippen LogP contribution is 2.11. The van der Waals surface area contributed by atoms with Crippen molar-refractivity contribution in [1.82, 2.24) is 20.2 Å². The maximum absolute atomic E-state index is 12.1. The van der Waals surface area contributed by atoms with Crippen LogP contribution in [0.15, 0.2) is 42.7 Å². The highest BCUT2D eigenvalue weighted by atomic mass is 16.2. The summed E-state index contributed by atoms with van der Waals surface area (Å²) < 4.78 is 0. The van der Waals surface area contributed by atoms with Gasteiger partial charge in [-0.05, 0) is 5.56 Å². The Morgan fingerprint density at radius 1 is 1.08 bits per heavy atom. The largest absolute Gasteiger partial charge is 0.352 e. The Balaban J connectivity index is 1.56. The molecule has 3 rings (SSSR count). The van der Waals surface area contributed by atoms with Crippen LogP contribution >= 0.6 is 0 Å². The van der Waals surface area contributed by atoms with Crippen LogP contribution in [0.2, 0.25) is 0 Å². The first-order valence-corrected chi connectivity index (χ1v) is 7.85. The van der Waals surface area contributed by atoms with E-state index in [1.54, 1.807) is 11.1 Å². The zero-order valence-electron chi connectivity index (χ0n) is 13.3. The lowest BCUT2D eigenvalue weighted by molar-refractivity contribution is -0.118. The topological polar surface area (TPSA) is 78.4 Å². The van der Waals surface area contributed by atoms with Crippen LogP contribution in [0.4, 0.5) is 5.82 Å². The maximum atomic E-state index is 12.1. The van der Waals surface area contributed by atoms with Crippen LogP contribution in [-0.2, 0) is 11.3 Å². The fraction of sp³-hybridized carbons (Fsp3) is 0.294. The molecule has 2 aromatic rings. The van der Waals surface area contributed by atoms with Crippen molar-refractivity contribution >= 4 is 18.1 Å². The molecule has 24 heavy (non-hydrogen) atoms. The number of piperazine rings is 1. The van der Waals surface area contributed by atoms with Crippen molar-refractivity contribution in [2.24, 2.45) is 0 Å². The molecule has 0 bridgehead atoms. The van der Waals surface area contributed by atoms with Gasteiger partial charge in [0.2, 0.25) is 6.41 Å². The lowest BCUT2D eigenvalue weighted by Crippen LogP contribution is -2.46. The predicted octanol–water partition coefficient (Wildman–Crippen LogP) is 0.685. The molecule has 1 fully saturated rings. The van der Waals surface area contributed by atoms with Crippen LogP contribution in [0.25, 0.3) is 0 Å². The Hall–Kier alpha value is -2.96. The number of aromatic nitrogens is 2. The summed E-state index contributed by atoms with van der Waals surface area (Å²) in [5.74, 6) is 0.476. The third kappa shape index (κ3) is 3.87. The second kappa shape index (κ2) is 7.54. The molecule has 0 spiro atoms. The summed E-state index contributed by atoms with van der Waals surface area (Å²) >= 11 is 0. The summed E-state index contributed by atoms with van der Waals surface area (Å²) in [6, 6.07) is 9.70. The smallest absolute Gasteiger partial charge is 0.271 e. The number of benzene rings is 1. The molecule has 0 atom stereocenters. The Morgan fingerprint density at radius 2 is 1.83 bits per heavy atom. The van der Waals surface area contributed by atoms with Crippen LogP contribution in [0.3, 0.4) is 0 Å². The molecule has 7 heteroatoms. The van der Waals surface area contributed by atoms with Crippen molar-refractivity contribution in [3.63, 3.8) is 0 Å². The van der Waals surface area contributed by atoms with Crippen LogP contribution < -0.4 is 10.2 Å². The van der Waals surface area contributed by atoms with Crippen LogP contribution in [0.5, 0.6) is 0 Å². The van der Waals surface area contributed by atoms with Gasteiger partial charge in [-0.1, -0.05) is 30.3 Å². The first-order chi connectivity index (χ1) is 11.8. The molecule has 1 saturated heterocycles. The van der Waals surface area contributed by atoms with Gasteiger partial charge in [-0.2, -0.15) is 0 Å². The summed E-state index contributed by atoms with van der Waals surface area (Å²) in [5, 5.41) is 2.83. The van der Waals surface area contributed by atoms with Crippen molar-refractivity contribution in [3.8, 4) is 0 Å². The number of anilines is 1. The Morgan fingerprint density at radius 3 is 2.46 bits per heavy atom. The minimum Gasteiger partial charge on any atom is -0.352 e. The van der Waals surface area contributed by atoms with Gasteiger partial charge in [0.1, 0.15) is 11.5 Å². The zero-order chi connectivity index (χ0) is 16.8. The fourth-order valence-corrected chi connectivity index (χ4v) is 2.53. The lowest BCUT2D eigenvalue weighted by atomic mass is 10.2. The van der Waals surface area contributed by atoms with E-state index in [4.69, 9.17) is 0 Å². The number of nitrogens with zero attached hydrogens (tertiary/aromatic N) is 4. The summed E-state index contributed by atoms with van der Waals surface area (Å²) in [4.78, 5) is 35.2. The molecule has 1 aromatic carbocycles. The molecular weight excluding hydrogens is 306 g/mol. The molecule has 1 aliphatic heterocycles. The Kier molecular flexibility index (Phi) is 5.00. The van der Waals surface area contributed by atoms with Gasteiger partial charge in [-0.3, -0.25) is 9.59 Å². The SMILES string of the molecule is O=CN1CCN(c2cnc(C(=O)NCc3ccccc3)cn2)CC1. The van der Waals surface area contributed by atoms with E-state index >= 15 is 0 Å². The molecule has 7 nitrogen and oxygen atoms in total. The molecule has 124 valence electrons. The minimum absolute atomic E-state index is 0.247. The van der Waals surface area contributed by atoms with E-state index in [1.807, 2.05) is 30.3 Å². The number of hydrogen-bond donors (Lipinski definition) is 1. The first-order valence-electron chi connectivity index (χ1n) is 7.85. The predicted molar refractivity (Wildman–Crippen MR) is 89.5 cm³/mol. The number of nitrogens with one attached hydrogen (secondary N) is 1. The van der Waals surface area contributed by atoms with Crippen LogP contribution in [-0.4, -0.2) is 53.4 Å². The molecule has 1 aliphatic rings. The molecule has 1 N–H and O–H groups in total. The van der Waals surface area contributed by atoms with Gasteiger partial charge in [-0.25, -0.2) is 9.97 Å². The second-order valence-corrected chi connectivity index (χ2v) is 5.56. The van der Waals surface area contributed by atoms with E-state index in [9.17, 15) is 9.59 Å². The third-order valence-electron chi connectivity index (χ3n) is 3.95. The summed E-state index contributed by atoms with van der Waals surface area (Å²) in [7, 11) is 0. The lowest BCUT2D eigenvalue weighted by Gasteiger charge is -2.33. The molecule has 2 amide bonds. The zero-order valence-corrected chi connectivity index (χ0v) is 13.3. The quantitative estimate of drug-likeness (QED) is 0.818. The van der Waals surface area contributed by atoms with Crippen molar-refractivity contribution in [1.29, 1.82) is 0 Å². The monoisotopic (exact) mass is 325 g/mol. The highest BCUT2D eigenvalue weighted by Gasteiger charge is 2.17. The number of carbonyl (C=O) groups excluding carboxylic acids is 2. The average Bonchev–Trinajstić information content (AvgIpc) is 2.67. The van der Waals surface area contributed by atoms with Crippen molar-refractivity contribution in [2.45, 2.75) is 6.54 Å². The number of amides is 2. The molecule has 0 aliphatic carbocycles. The maximum Gasteiger partial charge on any atom is 0.271 e. The van der Waals surface area contributed by atoms with Gasteiger partial charge in [0.25, 0.3) is 5.91 Å². The average molecular weight is 325 g/mol. The molecule has 0 radical (unpaired) electrons. The summed E-state index contributed by atoms with van der Waals surface area (Å²) in [5.41, 5.74) is 1.32. The molecule has 0 unspecified atom stereocenters. The highest BCUT2D eigenvalue weighted by molar-refractivity contribution is 5.91. The van der Waals surface area contributed by atoms with Gasteiger partial charge in [0.05, 0.1) is 12.4 Å². The van der Waals surface area contributed by atoms with Gasteiger partial charge in [0, 0.05) is 32.7 Å².